The third-order valence-corrected chi connectivity index (χ3v) is 4.05. The maximum absolute atomic E-state index is 12.2. The van der Waals surface area contributed by atoms with Crippen LogP contribution in [0.4, 0.5) is 11.5 Å². The quantitative estimate of drug-likeness (QED) is 0.559. The number of amides is 1. The van der Waals surface area contributed by atoms with E-state index >= 15 is 0 Å². The first-order valence-electron chi connectivity index (χ1n) is 5.85. The average molecular weight is 304 g/mol. The van der Waals surface area contributed by atoms with E-state index in [-0.39, 0.29) is 5.91 Å². The predicted octanol–water partition coefficient (Wildman–Crippen LogP) is 3.78. The number of nitrogens with zero attached hydrogens (tertiary/aromatic N) is 1. The summed E-state index contributed by atoms with van der Waals surface area (Å²) >= 11 is 7.19. The highest BCUT2D eigenvalue weighted by Crippen LogP contribution is 2.27. The van der Waals surface area contributed by atoms with Gasteiger partial charge in [0, 0.05) is 10.4 Å². The van der Waals surface area contributed by atoms with Gasteiger partial charge in [-0.15, -0.1) is 11.3 Å². The van der Waals surface area contributed by atoms with Crippen molar-refractivity contribution in [3.8, 4) is 0 Å². The third-order valence-electron chi connectivity index (χ3n) is 2.72. The number of nitrogen functional groups attached to an aromatic ring is 1. The van der Waals surface area contributed by atoms with Gasteiger partial charge in [-0.25, -0.2) is 4.98 Å². The van der Waals surface area contributed by atoms with Gasteiger partial charge in [-0.05, 0) is 41.8 Å². The maximum atomic E-state index is 12.2. The van der Waals surface area contributed by atoms with Gasteiger partial charge in [0.15, 0.2) is 0 Å². The van der Waals surface area contributed by atoms with Gasteiger partial charge in [0.05, 0.1) is 4.88 Å². The van der Waals surface area contributed by atoms with Crippen molar-refractivity contribution in [2.75, 3.05) is 11.1 Å². The van der Waals surface area contributed by atoms with Crippen LogP contribution in [0.3, 0.4) is 0 Å². The number of pyridine rings is 1. The zero-order valence-electron chi connectivity index (χ0n) is 10.3. The van der Waals surface area contributed by atoms with Crippen LogP contribution in [-0.2, 0) is 0 Å². The molecule has 3 aromatic rings. The second-order valence-electron chi connectivity index (χ2n) is 4.21. The van der Waals surface area contributed by atoms with Crippen LogP contribution in [-0.4, -0.2) is 10.9 Å². The smallest absolute Gasteiger partial charge is 0.266 e. The minimum absolute atomic E-state index is 0.209. The molecule has 1 aromatic carbocycles. The van der Waals surface area contributed by atoms with Crippen molar-refractivity contribution >= 4 is 50.4 Å². The van der Waals surface area contributed by atoms with E-state index in [1.165, 1.54) is 11.3 Å². The van der Waals surface area contributed by atoms with E-state index in [1.807, 2.05) is 24.3 Å². The molecule has 0 aliphatic heterocycles. The van der Waals surface area contributed by atoms with Gasteiger partial charge in [0.1, 0.15) is 11.0 Å². The molecule has 100 valence electrons. The standard InChI is InChI=1S/C14H10ClN3OS/c15-12-2-1-3-13(17-12)18-14(19)11-7-8-6-9(16)4-5-10(8)20-11/h1-7H,16H2,(H,17,18,19). The lowest BCUT2D eigenvalue weighted by atomic mass is 10.2. The zero-order chi connectivity index (χ0) is 14.1. The highest BCUT2D eigenvalue weighted by molar-refractivity contribution is 7.20. The molecule has 0 aliphatic carbocycles. The molecule has 2 aromatic heterocycles. The maximum Gasteiger partial charge on any atom is 0.266 e. The third kappa shape index (κ3) is 2.59. The van der Waals surface area contributed by atoms with Crippen molar-refractivity contribution in [2.45, 2.75) is 0 Å². The largest absolute Gasteiger partial charge is 0.399 e. The Bertz CT molecular complexity index is 800. The molecule has 0 saturated heterocycles. The lowest BCUT2D eigenvalue weighted by Crippen LogP contribution is -2.11. The number of fused-ring (bicyclic) bond motifs is 1. The highest BCUT2D eigenvalue weighted by atomic mass is 35.5. The van der Waals surface area contributed by atoms with Crippen LogP contribution in [0.5, 0.6) is 0 Å². The summed E-state index contributed by atoms with van der Waals surface area (Å²) in [5.74, 6) is 0.221. The molecule has 2 heterocycles. The molecular formula is C14H10ClN3OS. The summed E-state index contributed by atoms with van der Waals surface area (Å²) in [5.41, 5.74) is 6.41. The fourth-order valence-corrected chi connectivity index (χ4v) is 2.93. The minimum Gasteiger partial charge on any atom is -0.399 e. The summed E-state index contributed by atoms with van der Waals surface area (Å²) in [5, 5.41) is 4.02. The monoisotopic (exact) mass is 303 g/mol. The van der Waals surface area contributed by atoms with E-state index in [9.17, 15) is 4.79 Å². The van der Waals surface area contributed by atoms with Crippen LogP contribution in [0.2, 0.25) is 5.15 Å². The molecular weight excluding hydrogens is 294 g/mol. The van der Waals surface area contributed by atoms with Gasteiger partial charge in [-0.1, -0.05) is 17.7 Å². The number of nitrogens with one attached hydrogen (secondary N) is 1. The Balaban J connectivity index is 1.88. The lowest BCUT2D eigenvalue weighted by molar-refractivity contribution is 0.103. The van der Waals surface area contributed by atoms with Gasteiger partial charge >= 0.3 is 0 Å². The first-order chi connectivity index (χ1) is 9.61. The van der Waals surface area contributed by atoms with Crippen LogP contribution in [0.25, 0.3) is 10.1 Å². The average Bonchev–Trinajstić information content (AvgIpc) is 2.81. The Kier molecular flexibility index (Phi) is 3.30. The van der Waals surface area contributed by atoms with Gasteiger partial charge in [-0.2, -0.15) is 0 Å². The molecule has 0 bridgehead atoms. The summed E-state index contributed by atoms with van der Waals surface area (Å²) < 4.78 is 1.02. The topological polar surface area (TPSA) is 68.0 Å². The second kappa shape index (κ2) is 5.11. The van der Waals surface area contributed by atoms with Crippen molar-refractivity contribution in [3.63, 3.8) is 0 Å². The van der Waals surface area contributed by atoms with Crippen LogP contribution in [0.15, 0.2) is 42.5 Å². The molecule has 0 spiro atoms. The molecule has 0 atom stereocenters. The Hall–Kier alpha value is -2.11. The van der Waals surface area contributed by atoms with E-state index in [2.05, 4.69) is 10.3 Å². The molecule has 3 rings (SSSR count). The lowest BCUT2D eigenvalue weighted by Gasteiger charge is -2.02. The number of hydrogen-bond donors (Lipinski definition) is 2. The summed E-state index contributed by atoms with van der Waals surface area (Å²) in [4.78, 5) is 16.8. The van der Waals surface area contributed by atoms with E-state index in [4.69, 9.17) is 17.3 Å². The summed E-state index contributed by atoms with van der Waals surface area (Å²) in [7, 11) is 0. The number of carbonyl (C=O) groups is 1. The highest BCUT2D eigenvalue weighted by Gasteiger charge is 2.11. The molecule has 0 unspecified atom stereocenters. The van der Waals surface area contributed by atoms with Crippen LogP contribution in [0.1, 0.15) is 9.67 Å². The van der Waals surface area contributed by atoms with Crippen LogP contribution in [0, 0.1) is 0 Å². The minimum atomic E-state index is -0.209. The van der Waals surface area contributed by atoms with E-state index in [1.54, 1.807) is 18.2 Å². The van der Waals surface area contributed by atoms with Gasteiger partial charge in [0.25, 0.3) is 5.91 Å². The Morgan fingerprint density at radius 3 is 2.90 bits per heavy atom. The molecule has 4 nitrogen and oxygen atoms in total. The molecule has 20 heavy (non-hydrogen) atoms. The van der Waals surface area contributed by atoms with Gasteiger partial charge < -0.3 is 11.1 Å². The number of benzene rings is 1. The Morgan fingerprint density at radius 1 is 1.25 bits per heavy atom. The van der Waals surface area contributed by atoms with Crippen LogP contribution < -0.4 is 11.1 Å². The Morgan fingerprint density at radius 2 is 2.10 bits per heavy atom. The molecule has 3 N–H and O–H groups in total. The number of rotatable bonds is 2. The van der Waals surface area contributed by atoms with E-state index < -0.39 is 0 Å². The molecule has 0 radical (unpaired) electrons. The fraction of sp³-hybridized carbons (Fsp3) is 0. The van der Waals surface area contributed by atoms with Crippen molar-refractivity contribution in [1.29, 1.82) is 0 Å². The van der Waals surface area contributed by atoms with E-state index in [0.717, 1.165) is 10.1 Å². The molecule has 0 fully saturated rings. The normalized spacial score (nSPS) is 10.7. The van der Waals surface area contributed by atoms with E-state index in [0.29, 0.717) is 21.5 Å². The van der Waals surface area contributed by atoms with Crippen molar-refractivity contribution in [1.82, 2.24) is 4.98 Å². The number of carbonyl (C=O) groups excluding carboxylic acids is 1. The first kappa shape index (κ1) is 12.9. The van der Waals surface area contributed by atoms with Gasteiger partial charge in [-0.3, -0.25) is 4.79 Å². The molecule has 0 saturated carbocycles. The number of hydrogen-bond acceptors (Lipinski definition) is 4. The van der Waals surface area contributed by atoms with Crippen molar-refractivity contribution < 1.29 is 4.79 Å². The zero-order valence-corrected chi connectivity index (χ0v) is 11.8. The molecule has 0 aliphatic rings. The summed E-state index contributed by atoms with van der Waals surface area (Å²) in [6, 6.07) is 12.5. The number of halogens is 1. The fourth-order valence-electron chi connectivity index (χ4n) is 1.83. The second-order valence-corrected chi connectivity index (χ2v) is 5.68. The first-order valence-corrected chi connectivity index (χ1v) is 7.04. The van der Waals surface area contributed by atoms with Crippen molar-refractivity contribution in [2.24, 2.45) is 0 Å². The van der Waals surface area contributed by atoms with Crippen molar-refractivity contribution in [3.05, 3.63) is 52.5 Å². The number of aromatic nitrogens is 1. The molecule has 6 heteroatoms. The SMILES string of the molecule is Nc1ccc2sc(C(=O)Nc3cccc(Cl)n3)cc2c1. The molecule has 1 amide bonds. The number of anilines is 2. The summed E-state index contributed by atoms with van der Waals surface area (Å²) in [6.07, 6.45) is 0. The van der Waals surface area contributed by atoms with Crippen LogP contribution >= 0.6 is 22.9 Å². The number of nitrogens with two attached hydrogens (primary N) is 1. The predicted molar refractivity (Wildman–Crippen MR) is 83.4 cm³/mol. The number of thiophene rings is 1. The summed E-state index contributed by atoms with van der Waals surface area (Å²) in [6.45, 7) is 0. The van der Waals surface area contributed by atoms with Gasteiger partial charge in [0.2, 0.25) is 0 Å². The Labute approximate surface area is 124 Å².